The second kappa shape index (κ2) is 8.24. The van der Waals surface area contributed by atoms with Crippen molar-refractivity contribution in [3.8, 4) is 0 Å². The van der Waals surface area contributed by atoms with Crippen LogP contribution in [0.25, 0.3) is 21.9 Å². The third-order valence-electron chi connectivity index (χ3n) is 6.06. The maximum atomic E-state index is 12.7. The number of nitrogens with zero attached hydrogens (tertiary/aromatic N) is 4. The molecule has 3 heterocycles. The number of rotatable bonds is 4. The Labute approximate surface area is 185 Å². The molecule has 0 unspecified atom stereocenters. The van der Waals surface area contributed by atoms with E-state index in [2.05, 4.69) is 26.4 Å². The van der Waals surface area contributed by atoms with E-state index in [-0.39, 0.29) is 6.03 Å². The van der Waals surface area contributed by atoms with Crippen LogP contribution in [-0.2, 0) is 20.1 Å². The van der Waals surface area contributed by atoms with Crippen LogP contribution in [0.5, 0.6) is 0 Å². The number of urea groups is 1. The number of nitrogens with one attached hydrogen (secondary N) is 2. The molecule has 0 atom stereocenters. The summed E-state index contributed by atoms with van der Waals surface area (Å²) in [5, 5.41) is 4.93. The van der Waals surface area contributed by atoms with Gasteiger partial charge in [0.15, 0.2) is 0 Å². The Kier molecular flexibility index (Phi) is 5.29. The minimum absolute atomic E-state index is 0.0365. The first-order chi connectivity index (χ1) is 15.1. The number of aryl methyl sites for hydroxylation is 1. The molecule has 0 aliphatic carbocycles. The average molecular weight is 437 g/mol. The zero-order valence-electron chi connectivity index (χ0n) is 17.4. The van der Waals surface area contributed by atoms with E-state index in [1.54, 1.807) is 0 Å². The predicted octanol–water partition coefficient (Wildman–Crippen LogP) is 3.74. The van der Waals surface area contributed by atoms with Crippen LogP contribution >= 0.6 is 11.6 Å². The molecule has 2 amide bonds. The number of piperazine rings is 1. The van der Waals surface area contributed by atoms with E-state index in [0.717, 1.165) is 52.4 Å². The molecular weight excluding hydrogens is 412 g/mol. The van der Waals surface area contributed by atoms with Crippen molar-refractivity contribution in [1.29, 1.82) is 0 Å². The molecule has 31 heavy (non-hydrogen) atoms. The number of hydrogen-bond acceptors (Lipinski definition) is 3. The molecule has 1 aliphatic heterocycles. The minimum Gasteiger partial charge on any atom is -0.361 e. The van der Waals surface area contributed by atoms with Crippen LogP contribution in [0.4, 0.5) is 4.79 Å². The van der Waals surface area contributed by atoms with Gasteiger partial charge in [-0.25, -0.2) is 9.78 Å². The topological polar surface area (TPSA) is 69.2 Å². The highest BCUT2D eigenvalue weighted by Gasteiger charge is 2.22. The Balaban J connectivity index is 1.16. The molecule has 160 valence electrons. The number of aromatic nitrogens is 3. The number of benzene rings is 2. The van der Waals surface area contributed by atoms with E-state index in [0.29, 0.717) is 19.6 Å². The summed E-state index contributed by atoms with van der Waals surface area (Å²) < 4.78 is 2.03. The van der Waals surface area contributed by atoms with Crippen molar-refractivity contribution >= 4 is 39.6 Å². The molecule has 1 aliphatic rings. The quantitative estimate of drug-likeness (QED) is 0.512. The van der Waals surface area contributed by atoms with E-state index in [4.69, 9.17) is 11.6 Å². The van der Waals surface area contributed by atoms with E-state index in [1.165, 1.54) is 5.56 Å². The van der Waals surface area contributed by atoms with Crippen LogP contribution in [-0.4, -0.2) is 56.5 Å². The fourth-order valence-electron chi connectivity index (χ4n) is 4.25. The van der Waals surface area contributed by atoms with Crippen LogP contribution in [0, 0.1) is 0 Å². The molecule has 0 radical (unpaired) electrons. The van der Waals surface area contributed by atoms with E-state index < -0.39 is 0 Å². The van der Waals surface area contributed by atoms with Gasteiger partial charge in [-0.1, -0.05) is 23.7 Å². The highest BCUT2D eigenvalue weighted by molar-refractivity contribution is 6.31. The summed E-state index contributed by atoms with van der Waals surface area (Å²) >= 11 is 6.17. The van der Waals surface area contributed by atoms with Gasteiger partial charge in [-0.2, -0.15) is 0 Å². The number of aromatic amines is 1. The third kappa shape index (κ3) is 3.98. The molecule has 2 aromatic carbocycles. The van der Waals surface area contributed by atoms with Gasteiger partial charge >= 0.3 is 6.03 Å². The normalized spacial score (nSPS) is 15.1. The van der Waals surface area contributed by atoms with Crippen molar-refractivity contribution in [3.05, 3.63) is 65.1 Å². The first kappa shape index (κ1) is 19.9. The molecular formula is C23H25ClN6O. The van der Waals surface area contributed by atoms with Crippen molar-refractivity contribution in [2.75, 3.05) is 26.2 Å². The van der Waals surface area contributed by atoms with Gasteiger partial charge in [0.2, 0.25) is 0 Å². The summed E-state index contributed by atoms with van der Waals surface area (Å²) in [4.78, 5) is 24.9. The molecule has 2 N–H and O–H groups in total. The van der Waals surface area contributed by atoms with Crippen molar-refractivity contribution in [2.45, 2.75) is 13.1 Å². The van der Waals surface area contributed by atoms with Crippen molar-refractivity contribution in [2.24, 2.45) is 7.05 Å². The van der Waals surface area contributed by atoms with Gasteiger partial charge < -0.3 is 19.8 Å². The number of halogens is 1. The van der Waals surface area contributed by atoms with E-state index >= 15 is 0 Å². The third-order valence-corrected chi connectivity index (χ3v) is 6.30. The number of carbonyl (C=O) groups is 1. The molecule has 2 aromatic heterocycles. The summed E-state index contributed by atoms with van der Waals surface area (Å²) in [6.45, 7) is 4.35. The van der Waals surface area contributed by atoms with Crippen LogP contribution in [0.1, 0.15) is 11.4 Å². The SMILES string of the molecule is Cn1c(CNC(=O)N2CCN(Cc3c[nH]c4ccc(Cl)cc34)CC2)nc2ccccc21. The number of carbonyl (C=O) groups excluding carboxylic acids is 1. The van der Waals surface area contributed by atoms with Crippen molar-refractivity contribution in [3.63, 3.8) is 0 Å². The number of para-hydroxylation sites is 2. The smallest absolute Gasteiger partial charge is 0.317 e. The zero-order valence-corrected chi connectivity index (χ0v) is 18.2. The van der Waals surface area contributed by atoms with Gasteiger partial charge in [-0.3, -0.25) is 4.90 Å². The van der Waals surface area contributed by atoms with E-state index in [1.807, 2.05) is 59.0 Å². The summed E-state index contributed by atoms with van der Waals surface area (Å²) in [6.07, 6.45) is 2.05. The minimum atomic E-state index is -0.0365. The van der Waals surface area contributed by atoms with Gasteiger partial charge in [0.1, 0.15) is 5.82 Å². The van der Waals surface area contributed by atoms with Crippen LogP contribution in [0.2, 0.25) is 5.02 Å². The second-order valence-electron chi connectivity index (χ2n) is 8.00. The molecule has 0 spiro atoms. The molecule has 7 nitrogen and oxygen atoms in total. The van der Waals surface area contributed by atoms with Gasteiger partial charge in [-0.05, 0) is 35.9 Å². The molecule has 5 rings (SSSR count). The summed E-state index contributed by atoms with van der Waals surface area (Å²) in [5.74, 6) is 0.853. The molecule has 1 fully saturated rings. The molecule has 8 heteroatoms. The lowest BCUT2D eigenvalue weighted by atomic mass is 10.1. The van der Waals surface area contributed by atoms with Crippen LogP contribution < -0.4 is 5.32 Å². The molecule has 1 saturated heterocycles. The summed E-state index contributed by atoms with van der Waals surface area (Å²) in [6, 6.07) is 13.9. The van der Waals surface area contributed by atoms with Crippen LogP contribution in [0.15, 0.2) is 48.7 Å². The van der Waals surface area contributed by atoms with Crippen molar-refractivity contribution in [1.82, 2.24) is 29.7 Å². The highest BCUT2D eigenvalue weighted by atomic mass is 35.5. The number of imidazole rings is 1. The van der Waals surface area contributed by atoms with Gasteiger partial charge in [-0.15, -0.1) is 0 Å². The molecule has 0 saturated carbocycles. The first-order valence-electron chi connectivity index (χ1n) is 10.5. The first-order valence-corrected chi connectivity index (χ1v) is 10.9. The fourth-order valence-corrected chi connectivity index (χ4v) is 4.42. The Morgan fingerprint density at radius 2 is 1.97 bits per heavy atom. The number of amides is 2. The molecule has 0 bridgehead atoms. The Morgan fingerprint density at radius 3 is 2.77 bits per heavy atom. The number of fused-ring (bicyclic) bond motifs is 2. The zero-order chi connectivity index (χ0) is 21.4. The van der Waals surface area contributed by atoms with Crippen molar-refractivity contribution < 1.29 is 4.79 Å². The fraction of sp³-hybridized carbons (Fsp3) is 0.304. The highest BCUT2D eigenvalue weighted by Crippen LogP contribution is 2.24. The number of hydrogen-bond donors (Lipinski definition) is 2. The summed E-state index contributed by atoms with van der Waals surface area (Å²) in [7, 11) is 1.98. The van der Waals surface area contributed by atoms with E-state index in [9.17, 15) is 4.79 Å². The average Bonchev–Trinajstić information content (AvgIpc) is 3.33. The van der Waals surface area contributed by atoms with Gasteiger partial charge in [0.05, 0.1) is 17.6 Å². The lowest BCUT2D eigenvalue weighted by molar-refractivity contribution is 0.135. The monoisotopic (exact) mass is 436 g/mol. The second-order valence-corrected chi connectivity index (χ2v) is 8.44. The lowest BCUT2D eigenvalue weighted by Gasteiger charge is -2.34. The van der Waals surface area contributed by atoms with Crippen LogP contribution in [0.3, 0.4) is 0 Å². The maximum absolute atomic E-state index is 12.7. The van der Waals surface area contributed by atoms with Gasteiger partial charge in [0, 0.05) is 61.9 Å². The Morgan fingerprint density at radius 1 is 1.16 bits per heavy atom. The Bertz CT molecular complexity index is 1240. The lowest BCUT2D eigenvalue weighted by Crippen LogP contribution is -2.51. The van der Waals surface area contributed by atoms with Gasteiger partial charge in [0.25, 0.3) is 0 Å². The largest absolute Gasteiger partial charge is 0.361 e. The molecule has 4 aromatic rings. The summed E-state index contributed by atoms with van der Waals surface area (Å²) in [5.41, 5.74) is 4.34. The standard InChI is InChI=1S/C23H25ClN6O/c1-28-21-5-3-2-4-20(21)27-22(28)14-26-23(31)30-10-8-29(9-11-30)15-16-13-25-19-7-6-17(24)12-18(16)19/h2-7,12-13,25H,8-11,14-15H2,1H3,(H,26,31). The Hall–Kier alpha value is -3.03. The number of H-pyrrole nitrogens is 1. The maximum Gasteiger partial charge on any atom is 0.317 e. The predicted molar refractivity (Wildman–Crippen MR) is 123 cm³/mol.